The molecule has 0 fully saturated rings. The van der Waals surface area contributed by atoms with Crippen LogP contribution in [0.5, 0.6) is 0 Å². The van der Waals surface area contributed by atoms with Gasteiger partial charge in [-0.3, -0.25) is 0 Å². The standard InChI is InChI=1S/C11H12ClFN4S/c1-5-8(18-4-17-5)3-16-11-7(15)2-6(14)9(12)10(11)13/h2,4,16H,3,14-15H2,1H3. The molecule has 0 aliphatic carbocycles. The highest BCUT2D eigenvalue weighted by molar-refractivity contribution is 7.09. The maximum Gasteiger partial charge on any atom is 0.169 e. The molecule has 2 rings (SSSR count). The summed E-state index contributed by atoms with van der Waals surface area (Å²) in [6, 6.07) is 1.44. The van der Waals surface area contributed by atoms with Gasteiger partial charge < -0.3 is 16.8 Å². The van der Waals surface area contributed by atoms with Gasteiger partial charge in [-0.15, -0.1) is 11.3 Å². The van der Waals surface area contributed by atoms with Crippen LogP contribution in [0, 0.1) is 12.7 Å². The molecule has 2 aromatic rings. The van der Waals surface area contributed by atoms with Gasteiger partial charge in [-0.2, -0.15) is 0 Å². The lowest BCUT2D eigenvalue weighted by Crippen LogP contribution is -2.06. The van der Waals surface area contributed by atoms with Crippen LogP contribution in [0.3, 0.4) is 0 Å². The number of benzene rings is 1. The fourth-order valence-electron chi connectivity index (χ4n) is 1.51. The van der Waals surface area contributed by atoms with Gasteiger partial charge in [0.05, 0.1) is 34.8 Å². The molecule has 0 aliphatic rings. The van der Waals surface area contributed by atoms with Crippen LogP contribution in [-0.4, -0.2) is 4.98 Å². The van der Waals surface area contributed by atoms with Gasteiger partial charge in [0.1, 0.15) is 5.02 Å². The average Bonchev–Trinajstić information content (AvgIpc) is 2.72. The number of hydrogen-bond donors (Lipinski definition) is 3. The molecule has 1 aromatic carbocycles. The number of nitrogens with two attached hydrogens (primary N) is 2. The van der Waals surface area contributed by atoms with Gasteiger partial charge in [0.2, 0.25) is 0 Å². The van der Waals surface area contributed by atoms with Gasteiger partial charge in [0.25, 0.3) is 0 Å². The largest absolute Gasteiger partial charge is 0.397 e. The van der Waals surface area contributed by atoms with Crippen LogP contribution in [0.15, 0.2) is 11.6 Å². The fourth-order valence-corrected chi connectivity index (χ4v) is 2.38. The number of thiazole rings is 1. The van der Waals surface area contributed by atoms with Crippen molar-refractivity contribution in [3.63, 3.8) is 0 Å². The highest BCUT2D eigenvalue weighted by atomic mass is 35.5. The predicted molar refractivity (Wildman–Crippen MR) is 74.4 cm³/mol. The van der Waals surface area contributed by atoms with Crippen molar-refractivity contribution >= 4 is 40.0 Å². The van der Waals surface area contributed by atoms with Gasteiger partial charge in [-0.25, -0.2) is 9.37 Å². The first kappa shape index (κ1) is 12.9. The average molecular weight is 287 g/mol. The molecule has 0 saturated heterocycles. The first-order chi connectivity index (χ1) is 8.50. The van der Waals surface area contributed by atoms with E-state index in [4.69, 9.17) is 23.1 Å². The molecular weight excluding hydrogens is 275 g/mol. The zero-order valence-electron chi connectivity index (χ0n) is 9.63. The Morgan fingerprint density at radius 2 is 2.17 bits per heavy atom. The molecule has 0 bridgehead atoms. The Balaban J connectivity index is 2.25. The monoisotopic (exact) mass is 286 g/mol. The SMILES string of the molecule is Cc1ncsc1CNc1c(N)cc(N)c(Cl)c1F. The Hall–Kier alpha value is -1.53. The lowest BCUT2D eigenvalue weighted by molar-refractivity contribution is 0.632. The van der Waals surface area contributed by atoms with E-state index in [-0.39, 0.29) is 22.1 Å². The van der Waals surface area contributed by atoms with Gasteiger partial charge in [0.15, 0.2) is 5.82 Å². The summed E-state index contributed by atoms with van der Waals surface area (Å²) in [7, 11) is 0. The van der Waals surface area contributed by atoms with E-state index in [1.807, 2.05) is 6.92 Å². The molecule has 0 radical (unpaired) electrons. The Kier molecular flexibility index (Phi) is 3.58. The van der Waals surface area contributed by atoms with Crippen molar-refractivity contribution in [3.8, 4) is 0 Å². The number of halogens is 2. The molecule has 18 heavy (non-hydrogen) atoms. The zero-order chi connectivity index (χ0) is 13.3. The molecule has 0 aliphatic heterocycles. The van der Waals surface area contributed by atoms with E-state index in [9.17, 15) is 4.39 Å². The Labute approximate surface area is 113 Å². The molecule has 0 saturated carbocycles. The van der Waals surface area contributed by atoms with Crippen molar-refractivity contribution in [2.45, 2.75) is 13.5 Å². The molecule has 0 amide bonds. The maximum atomic E-state index is 13.9. The summed E-state index contributed by atoms with van der Waals surface area (Å²) in [5, 5.41) is 2.81. The van der Waals surface area contributed by atoms with Crippen LogP contribution in [0.4, 0.5) is 21.5 Å². The Morgan fingerprint density at radius 1 is 1.44 bits per heavy atom. The third-order valence-electron chi connectivity index (χ3n) is 2.54. The summed E-state index contributed by atoms with van der Waals surface area (Å²) >= 11 is 7.23. The number of hydrogen-bond acceptors (Lipinski definition) is 5. The lowest BCUT2D eigenvalue weighted by atomic mass is 10.2. The summed E-state index contributed by atoms with van der Waals surface area (Å²) in [5.74, 6) is -0.628. The van der Waals surface area contributed by atoms with Crippen LogP contribution in [0.1, 0.15) is 10.6 Å². The summed E-state index contributed by atoms with van der Waals surface area (Å²) < 4.78 is 13.9. The van der Waals surface area contributed by atoms with Gasteiger partial charge >= 0.3 is 0 Å². The second kappa shape index (κ2) is 4.99. The zero-order valence-corrected chi connectivity index (χ0v) is 11.2. The highest BCUT2D eigenvalue weighted by Crippen LogP contribution is 2.34. The number of aryl methyl sites for hydroxylation is 1. The van der Waals surface area contributed by atoms with E-state index in [0.29, 0.717) is 6.54 Å². The number of anilines is 3. The Bertz CT molecular complexity index is 585. The molecule has 96 valence electrons. The van der Waals surface area contributed by atoms with Crippen LogP contribution in [-0.2, 0) is 6.54 Å². The van der Waals surface area contributed by atoms with Crippen molar-refractivity contribution in [3.05, 3.63) is 33.0 Å². The normalized spacial score (nSPS) is 10.6. The third kappa shape index (κ3) is 2.34. The predicted octanol–water partition coefficient (Wildman–Crippen LogP) is 3.02. The topological polar surface area (TPSA) is 77.0 Å². The molecule has 0 atom stereocenters. The Morgan fingerprint density at radius 3 is 2.78 bits per heavy atom. The van der Waals surface area contributed by atoms with Crippen LogP contribution >= 0.6 is 22.9 Å². The fraction of sp³-hybridized carbons (Fsp3) is 0.182. The molecule has 7 heteroatoms. The third-order valence-corrected chi connectivity index (χ3v) is 3.86. The van der Waals surface area contributed by atoms with Gasteiger partial charge in [-0.05, 0) is 13.0 Å². The van der Waals surface area contributed by atoms with E-state index >= 15 is 0 Å². The minimum atomic E-state index is -0.628. The lowest BCUT2D eigenvalue weighted by Gasteiger charge is -2.12. The highest BCUT2D eigenvalue weighted by Gasteiger charge is 2.14. The van der Waals surface area contributed by atoms with Gasteiger partial charge in [0, 0.05) is 4.88 Å². The summed E-state index contributed by atoms with van der Waals surface area (Å²) in [4.78, 5) is 5.13. The molecule has 4 nitrogen and oxygen atoms in total. The van der Waals surface area contributed by atoms with Crippen LogP contribution in [0.25, 0.3) is 0 Å². The van der Waals surface area contributed by atoms with Crippen molar-refractivity contribution < 1.29 is 4.39 Å². The van der Waals surface area contributed by atoms with E-state index < -0.39 is 5.82 Å². The van der Waals surface area contributed by atoms with Crippen molar-refractivity contribution in [2.24, 2.45) is 0 Å². The summed E-state index contributed by atoms with van der Waals surface area (Å²) in [5.41, 5.74) is 14.4. The van der Waals surface area contributed by atoms with E-state index in [1.54, 1.807) is 5.51 Å². The minimum absolute atomic E-state index is 0.118. The molecule has 1 heterocycles. The number of nitrogens with zero attached hydrogens (tertiary/aromatic N) is 1. The van der Waals surface area contributed by atoms with Crippen LogP contribution < -0.4 is 16.8 Å². The molecule has 0 spiro atoms. The number of nitrogen functional groups attached to an aromatic ring is 2. The quantitative estimate of drug-likeness (QED) is 0.758. The summed E-state index contributed by atoms with van der Waals surface area (Å²) in [6.45, 7) is 2.33. The first-order valence-electron chi connectivity index (χ1n) is 5.16. The molecule has 0 unspecified atom stereocenters. The molecule has 5 N–H and O–H groups in total. The van der Waals surface area contributed by atoms with Crippen molar-refractivity contribution in [2.75, 3.05) is 16.8 Å². The van der Waals surface area contributed by atoms with Crippen molar-refractivity contribution in [1.82, 2.24) is 4.98 Å². The van der Waals surface area contributed by atoms with E-state index in [2.05, 4.69) is 10.3 Å². The number of aromatic nitrogens is 1. The van der Waals surface area contributed by atoms with Gasteiger partial charge in [-0.1, -0.05) is 11.6 Å². The first-order valence-corrected chi connectivity index (χ1v) is 6.42. The second-order valence-electron chi connectivity index (χ2n) is 3.77. The molecular formula is C11H12ClFN4S. The smallest absolute Gasteiger partial charge is 0.169 e. The number of nitrogens with one attached hydrogen (secondary N) is 1. The van der Waals surface area contributed by atoms with Crippen molar-refractivity contribution in [1.29, 1.82) is 0 Å². The van der Waals surface area contributed by atoms with Crippen LogP contribution in [0.2, 0.25) is 5.02 Å². The second-order valence-corrected chi connectivity index (χ2v) is 5.09. The molecule has 1 aromatic heterocycles. The van der Waals surface area contributed by atoms with E-state index in [1.165, 1.54) is 17.4 Å². The number of rotatable bonds is 3. The minimum Gasteiger partial charge on any atom is -0.397 e. The summed E-state index contributed by atoms with van der Waals surface area (Å²) in [6.07, 6.45) is 0. The van der Waals surface area contributed by atoms with E-state index in [0.717, 1.165) is 10.6 Å². The maximum absolute atomic E-state index is 13.9.